The third-order valence-corrected chi connectivity index (χ3v) is 3.84. The van der Waals surface area contributed by atoms with E-state index in [2.05, 4.69) is 11.0 Å². The van der Waals surface area contributed by atoms with Gasteiger partial charge in [0, 0.05) is 25.2 Å². The van der Waals surface area contributed by atoms with E-state index in [4.69, 9.17) is 10.2 Å². The zero-order chi connectivity index (χ0) is 11.7. The molecule has 0 spiro atoms. The molecule has 0 unspecified atom stereocenters. The summed E-state index contributed by atoms with van der Waals surface area (Å²) >= 11 is 0. The highest BCUT2D eigenvalue weighted by molar-refractivity contribution is 5.16. The third-order valence-electron chi connectivity index (χ3n) is 3.84. The van der Waals surface area contributed by atoms with Gasteiger partial charge in [-0.1, -0.05) is 0 Å². The number of nitrogens with two attached hydrogens (primary N) is 1. The lowest BCUT2D eigenvalue weighted by Gasteiger charge is -2.21. The minimum Gasteiger partial charge on any atom is -0.468 e. The molecule has 17 heavy (non-hydrogen) atoms. The van der Waals surface area contributed by atoms with E-state index in [0.29, 0.717) is 6.54 Å². The first-order valence-corrected chi connectivity index (χ1v) is 6.83. The topological polar surface area (TPSA) is 42.4 Å². The van der Waals surface area contributed by atoms with Crippen molar-refractivity contribution in [2.24, 2.45) is 17.6 Å². The molecule has 0 radical (unpaired) electrons. The SMILES string of the molecule is NCc1occc1CN(CC1CC1)CC1CC1. The lowest BCUT2D eigenvalue weighted by atomic mass is 10.2. The molecule has 2 aliphatic rings. The van der Waals surface area contributed by atoms with Gasteiger partial charge in [-0.25, -0.2) is 0 Å². The second-order valence-electron chi connectivity index (χ2n) is 5.65. The van der Waals surface area contributed by atoms with Gasteiger partial charge in [0.15, 0.2) is 0 Å². The van der Waals surface area contributed by atoms with Crippen LogP contribution in [0.2, 0.25) is 0 Å². The van der Waals surface area contributed by atoms with Crippen LogP contribution in [0.3, 0.4) is 0 Å². The van der Waals surface area contributed by atoms with E-state index in [1.807, 2.05) is 0 Å². The summed E-state index contributed by atoms with van der Waals surface area (Å²) in [5, 5.41) is 0. The Labute approximate surface area is 103 Å². The first-order valence-electron chi connectivity index (χ1n) is 6.83. The molecule has 1 aromatic rings. The molecule has 3 nitrogen and oxygen atoms in total. The van der Waals surface area contributed by atoms with Gasteiger partial charge in [0.1, 0.15) is 5.76 Å². The van der Waals surface area contributed by atoms with Gasteiger partial charge in [-0.05, 0) is 43.6 Å². The van der Waals surface area contributed by atoms with Crippen LogP contribution >= 0.6 is 0 Å². The van der Waals surface area contributed by atoms with Crippen LogP contribution in [0.5, 0.6) is 0 Å². The van der Waals surface area contributed by atoms with E-state index in [0.717, 1.165) is 24.1 Å². The van der Waals surface area contributed by atoms with Crippen molar-refractivity contribution in [2.45, 2.75) is 38.8 Å². The molecule has 2 aliphatic carbocycles. The average molecular weight is 234 g/mol. The van der Waals surface area contributed by atoms with E-state index in [-0.39, 0.29) is 0 Å². The minimum absolute atomic E-state index is 0.517. The molecule has 0 bridgehead atoms. The van der Waals surface area contributed by atoms with Gasteiger partial charge < -0.3 is 10.2 Å². The maximum Gasteiger partial charge on any atom is 0.121 e. The zero-order valence-corrected chi connectivity index (χ0v) is 10.4. The summed E-state index contributed by atoms with van der Waals surface area (Å²) < 4.78 is 5.40. The Morgan fingerprint density at radius 3 is 2.35 bits per heavy atom. The van der Waals surface area contributed by atoms with Crippen LogP contribution in [0.1, 0.15) is 37.0 Å². The fourth-order valence-corrected chi connectivity index (χ4v) is 2.46. The van der Waals surface area contributed by atoms with Gasteiger partial charge in [-0.3, -0.25) is 4.90 Å². The molecule has 2 fully saturated rings. The molecular weight excluding hydrogens is 212 g/mol. The molecule has 1 heterocycles. The van der Waals surface area contributed by atoms with Crippen LogP contribution in [-0.2, 0) is 13.1 Å². The first kappa shape index (κ1) is 11.3. The summed E-state index contributed by atoms with van der Waals surface area (Å²) in [6.07, 6.45) is 7.48. The highest BCUT2D eigenvalue weighted by Gasteiger charge is 2.29. The van der Waals surface area contributed by atoms with Gasteiger partial charge in [0.25, 0.3) is 0 Å². The summed E-state index contributed by atoms with van der Waals surface area (Å²) in [6, 6.07) is 2.08. The Morgan fingerprint density at radius 1 is 1.18 bits per heavy atom. The maximum absolute atomic E-state index is 5.69. The monoisotopic (exact) mass is 234 g/mol. The lowest BCUT2D eigenvalue weighted by Crippen LogP contribution is -2.28. The molecule has 0 amide bonds. The summed E-state index contributed by atoms with van der Waals surface area (Å²) in [5.74, 6) is 2.88. The molecule has 0 aromatic carbocycles. The fourth-order valence-electron chi connectivity index (χ4n) is 2.46. The predicted octanol–water partition coefficient (Wildman–Crippen LogP) is 2.36. The normalized spacial score (nSPS) is 20.1. The van der Waals surface area contributed by atoms with Crippen LogP contribution in [0.25, 0.3) is 0 Å². The van der Waals surface area contributed by atoms with Gasteiger partial charge in [0.2, 0.25) is 0 Å². The summed E-state index contributed by atoms with van der Waals surface area (Å²) in [6.45, 7) is 4.08. The van der Waals surface area contributed by atoms with Crippen molar-refractivity contribution in [1.29, 1.82) is 0 Å². The number of furan rings is 1. The zero-order valence-electron chi connectivity index (χ0n) is 10.4. The van der Waals surface area contributed by atoms with Crippen LogP contribution in [0.15, 0.2) is 16.7 Å². The van der Waals surface area contributed by atoms with Gasteiger partial charge in [-0.15, -0.1) is 0 Å². The Kier molecular flexibility index (Phi) is 3.21. The quantitative estimate of drug-likeness (QED) is 0.787. The van der Waals surface area contributed by atoms with Crippen LogP contribution < -0.4 is 5.73 Å². The summed E-state index contributed by atoms with van der Waals surface area (Å²) in [7, 11) is 0. The molecule has 0 atom stereocenters. The summed E-state index contributed by atoms with van der Waals surface area (Å²) in [5.41, 5.74) is 6.97. The maximum atomic E-state index is 5.69. The second-order valence-corrected chi connectivity index (χ2v) is 5.65. The smallest absolute Gasteiger partial charge is 0.121 e. The van der Waals surface area contributed by atoms with Crippen molar-refractivity contribution >= 4 is 0 Å². The predicted molar refractivity (Wildman–Crippen MR) is 67.3 cm³/mol. The van der Waals surface area contributed by atoms with Crippen molar-refractivity contribution in [3.8, 4) is 0 Å². The molecule has 0 aliphatic heterocycles. The lowest BCUT2D eigenvalue weighted by molar-refractivity contribution is 0.242. The van der Waals surface area contributed by atoms with Crippen molar-refractivity contribution in [2.75, 3.05) is 13.1 Å². The molecular formula is C14H22N2O. The second kappa shape index (κ2) is 4.83. The molecule has 3 rings (SSSR count). The van der Waals surface area contributed by atoms with Crippen LogP contribution in [-0.4, -0.2) is 18.0 Å². The number of nitrogens with zero attached hydrogens (tertiary/aromatic N) is 1. The van der Waals surface area contributed by atoms with Crippen LogP contribution in [0.4, 0.5) is 0 Å². The Morgan fingerprint density at radius 2 is 1.82 bits per heavy atom. The van der Waals surface area contributed by atoms with Gasteiger partial charge >= 0.3 is 0 Å². The van der Waals surface area contributed by atoms with Gasteiger partial charge in [0.05, 0.1) is 12.8 Å². The highest BCUT2D eigenvalue weighted by Crippen LogP contribution is 2.34. The van der Waals surface area contributed by atoms with Crippen molar-refractivity contribution < 1.29 is 4.42 Å². The number of hydrogen-bond donors (Lipinski definition) is 1. The van der Waals surface area contributed by atoms with E-state index in [9.17, 15) is 0 Å². The fraction of sp³-hybridized carbons (Fsp3) is 0.714. The number of hydrogen-bond acceptors (Lipinski definition) is 3. The van der Waals surface area contributed by atoms with Gasteiger partial charge in [-0.2, -0.15) is 0 Å². The molecule has 3 heteroatoms. The van der Waals surface area contributed by atoms with E-state index in [1.165, 1.54) is 44.3 Å². The highest BCUT2D eigenvalue weighted by atomic mass is 16.3. The summed E-state index contributed by atoms with van der Waals surface area (Å²) in [4.78, 5) is 2.61. The molecule has 1 aromatic heterocycles. The van der Waals surface area contributed by atoms with Crippen molar-refractivity contribution in [1.82, 2.24) is 4.90 Å². The largest absolute Gasteiger partial charge is 0.468 e. The third kappa shape index (κ3) is 3.11. The van der Waals surface area contributed by atoms with Crippen LogP contribution in [0, 0.1) is 11.8 Å². The molecule has 94 valence electrons. The number of rotatable bonds is 7. The Hall–Kier alpha value is -0.800. The molecule has 2 N–H and O–H groups in total. The Balaban J connectivity index is 1.60. The molecule has 2 saturated carbocycles. The first-order chi connectivity index (χ1) is 8.35. The Bertz CT molecular complexity index is 352. The standard InChI is InChI=1S/C14H22N2O/c15-7-14-13(5-6-17-14)10-16(8-11-1-2-11)9-12-3-4-12/h5-6,11-12H,1-4,7-10,15H2. The average Bonchev–Trinajstić information content (AvgIpc) is 3.22. The van der Waals surface area contributed by atoms with E-state index in [1.54, 1.807) is 6.26 Å². The van der Waals surface area contributed by atoms with Crippen molar-refractivity contribution in [3.05, 3.63) is 23.7 Å². The minimum atomic E-state index is 0.517. The van der Waals surface area contributed by atoms with E-state index < -0.39 is 0 Å². The molecule has 0 saturated heterocycles. The van der Waals surface area contributed by atoms with E-state index >= 15 is 0 Å². The van der Waals surface area contributed by atoms with Crippen molar-refractivity contribution in [3.63, 3.8) is 0 Å².